The zero-order valence-electron chi connectivity index (χ0n) is 14.5. The quantitative estimate of drug-likeness (QED) is 0.480. The summed E-state index contributed by atoms with van der Waals surface area (Å²) in [6.45, 7) is 3.98. The van der Waals surface area contributed by atoms with Gasteiger partial charge in [0.1, 0.15) is 6.04 Å². The molecule has 1 rings (SSSR count). The molecular weight excluding hydrogens is 308 g/mol. The molecule has 0 saturated carbocycles. The minimum atomic E-state index is -0.710. The van der Waals surface area contributed by atoms with E-state index in [0.717, 1.165) is 31.4 Å². The van der Waals surface area contributed by atoms with Crippen molar-refractivity contribution in [2.24, 2.45) is 0 Å². The Hall–Kier alpha value is -2.08. The number of rotatable bonds is 11. The van der Waals surface area contributed by atoms with Gasteiger partial charge in [-0.15, -0.1) is 0 Å². The number of nitrogens with one attached hydrogen (secondary N) is 2. The van der Waals surface area contributed by atoms with Crippen molar-refractivity contribution in [3.8, 4) is 0 Å². The number of unbranched alkanes of at least 4 members (excludes halogenated alkanes) is 1. The second-order valence-corrected chi connectivity index (χ2v) is 5.49. The number of benzene rings is 1. The zero-order chi connectivity index (χ0) is 17.6. The summed E-state index contributed by atoms with van der Waals surface area (Å²) in [4.78, 5) is 23.8. The molecule has 1 atom stereocenters. The van der Waals surface area contributed by atoms with E-state index in [1.165, 1.54) is 7.11 Å². The number of urea groups is 1. The lowest BCUT2D eigenvalue weighted by atomic mass is 10.1. The molecule has 0 aromatic heterocycles. The van der Waals surface area contributed by atoms with Gasteiger partial charge in [0.25, 0.3) is 0 Å². The molecule has 0 aliphatic rings. The van der Waals surface area contributed by atoms with E-state index in [9.17, 15) is 9.59 Å². The van der Waals surface area contributed by atoms with Crippen molar-refractivity contribution >= 4 is 12.0 Å². The number of esters is 1. The summed E-state index contributed by atoms with van der Waals surface area (Å²) in [5, 5.41) is 5.39. The van der Waals surface area contributed by atoms with E-state index in [-0.39, 0.29) is 6.03 Å². The van der Waals surface area contributed by atoms with Crippen LogP contribution in [0.4, 0.5) is 4.79 Å². The Balaban J connectivity index is 2.32. The van der Waals surface area contributed by atoms with Gasteiger partial charge in [-0.25, -0.2) is 9.59 Å². The van der Waals surface area contributed by atoms with Crippen LogP contribution in [0.1, 0.15) is 31.7 Å². The first-order chi connectivity index (χ1) is 11.7. The van der Waals surface area contributed by atoms with Gasteiger partial charge in [0, 0.05) is 26.2 Å². The molecule has 0 spiro atoms. The van der Waals surface area contributed by atoms with Crippen LogP contribution in [0.5, 0.6) is 0 Å². The topological polar surface area (TPSA) is 76.7 Å². The number of ether oxygens (including phenoxy) is 2. The predicted octanol–water partition coefficient (Wildman–Crippen LogP) is 2.28. The van der Waals surface area contributed by atoms with Gasteiger partial charge < -0.3 is 20.1 Å². The van der Waals surface area contributed by atoms with Crippen molar-refractivity contribution in [3.63, 3.8) is 0 Å². The fraction of sp³-hybridized carbons (Fsp3) is 0.556. The van der Waals surface area contributed by atoms with Crippen molar-refractivity contribution < 1.29 is 19.1 Å². The monoisotopic (exact) mass is 336 g/mol. The Kier molecular flexibility index (Phi) is 10.3. The van der Waals surface area contributed by atoms with Crippen LogP contribution in [0, 0.1) is 0 Å². The fourth-order valence-corrected chi connectivity index (χ4v) is 2.12. The van der Waals surface area contributed by atoms with E-state index in [4.69, 9.17) is 9.47 Å². The smallest absolute Gasteiger partial charge is 0.328 e. The summed E-state index contributed by atoms with van der Waals surface area (Å²) in [6, 6.07) is 8.41. The van der Waals surface area contributed by atoms with Gasteiger partial charge in [-0.1, -0.05) is 43.7 Å². The van der Waals surface area contributed by atoms with E-state index in [0.29, 0.717) is 19.6 Å². The Labute approximate surface area is 143 Å². The van der Waals surface area contributed by atoms with E-state index < -0.39 is 12.0 Å². The van der Waals surface area contributed by atoms with Crippen molar-refractivity contribution in [1.82, 2.24) is 10.6 Å². The minimum absolute atomic E-state index is 0.380. The van der Waals surface area contributed by atoms with Gasteiger partial charge in [0.05, 0.1) is 7.11 Å². The summed E-state index contributed by atoms with van der Waals surface area (Å²) in [5.41, 5.74) is 0.956. The lowest BCUT2D eigenvalue weighted by molar-refractivity contribution is -0.142. The van der Waals surface area contributed by atoms with Gasteiger partial charge >= 0.3 is 12.0 Å². The van der Waals surface area contributed by atoms with Crippen molar-refractivity contribution in [2.75, 3.05) is 26.9 Å². The third kappa shape index (κ3) is 8.53. The van der Waals surface area contributed by atoms with Crippen LogP contribution in [-0.4, -0.2) is 44.9 Å². The first-order valence-electron chi connectivity index (χ1n) is 8.41. The molecule has 24 heavy (non-hydrogen) atoms. The summed E-state index contributed by atoms with van der Waals surface area (Å²) >= 11 is 0. The highest BCUT2D eigenvalue weighted by Gasteiger charge is 2.21. The Bertz CT molecular complexity index is 479. The van der Waals surface area contributed by atoms with Crippen LogP contribution in [-0.2, 0) is 20.7 Å². The molecule has 0 radical (unpaired) electrons. The molecule has 1 aromatic carbocycles. The van der Waals surface area contributed by atoms with Gasteiger partial charge in [0.2, 0.25) is 0 Å². The fourth-order valence-electron chi connectivity index (χ4n) is 2.12. The molecule has 1 aromatic rings. The standard InChI is InChI=1S/C18H28N2O4/c1-3-4-12-24-13-8-11-19-18(22)20-16(17(21)23-2)14-15-9-6-5-7-10-15/h5-7,9-10,16H,3-4,8,11-14H2,1-2H3,(H2,19,20,22). The van der Waals surface area contributed by atoms with E-state index in [1.807, 2.05) is 30.3 Å². The Morgan fingerprint density at radius 1 is 1.12 bits per heavy atom. The van der Waals surface area contributed by atoms with Gasteiger partial charge in [-0.05, 0) is 18.4 Å². The highest BCUT2D eigenvalue weighted by molar-refractivity contribution is 5.83. The minimum Gasteiger partial charge on any atom is -0.467 e. The SMILES string of the molecule is CCCCOCCCNC(=O)NC(Cc1ccccc1)C(=O)OC. The molecule has 0 heterocycles. The highest BCUT2D eigenvalue weighted by Crippen LogP contribution is 2.04. The molecule has 0 fully saturated rings. The Morgan fingerprint density at radius 3 is 2.50 bits per heavy atom. The average molecular weight is 336 g/mol. The maximum absolute atomic E-state index is 11.9. The van der Waals surface area contributed by atoms with E-state index >= 15 is 0 Å². The van der Waals surface area contributed by atoms with Crippen molar-refractivity contribution in [2.45, 2.75) is 38.6 Å². The molecule has 0 aliphatic heterocycles. The van der Waals surface area contributed by atoms with Gasteiger partial charge in [-0.3, -0.25) is 0 Å². The van der Waals surface area contributed by atoms with Crippen molar-refractivity contribution in [3.05, 3.63) is 35.9 Å². The van der Waals surface area contributed by atoms with Gasteiger partial charge in [0.15, 0.2) is 0 Å². The number of carbonyl (C=O) groups is 2. The summed E-state index contributed by atoms with van der Waals surface area (Å²) in [7, 11) is 1.31. The first kappa shape index (κ1) is 20.0. The summed E-state index contributed by atoms with van der Waals surface area (Å²) in [5.74, 6) is -0.461. The molecule has 0 bridgehead atoms. The number of amides is 2. The highest BCUT2D eigenvalue weighted by atomic mass is 16.5. The predicted molar refractivity (Wildman–Crippen MR) is 92.8 cm³/mol. The van der Waals surface area contributed by atoms with Crippen LogP contribution in [0.3, 0.4) is 0 Å². The number of hydrogen-bond donors (Lipinski definition) is 2. The first-order valence-corrected chi connectivity index (χ1v) is 8.41. The lowest BCUT2D eigenvalue weighted by Gasteiger charge is -2.17. The second-order valence-electron chi connectivity index (χ2n) is 5.49. The normalized spacial score (nSPS) is 11.6. The molecule has 0 saturated heterocycles. The third-order valence-electron chi connectivity index (χ3n) is 3.47. The molecule has 2 amide bonds. The molecule has 134 valence electrons. The number of methoxy groups -OCH3 is 1. The summed E-state index contributed by atoms with van der Waals surface area (Å²) < 4.78 is 10.2. The molecule has 6 heteroatoms. The van der Waals surface area contributed by atoms with Crippen LogP contribution < -0.4 is 10.6 Å². The van der Waals surface area contributed by atoms with Gasteiger partial charge in [-0.2, -0.15) is 0 Å². The average Bonchev–Trinajstić information content (AvgIpc) is 2.60. The third-order valence-corrected chi connectivity index (χ3v) is 3.47. The largest absolute Gasteiger partial charge is 0.467 e. The maximum Gasteiger partial charge on any atom is 0.328 e. The van der Waals surface area contributed by atoms with Crippen molar-refractivity contribution in [1.29, 1.82) is 0 Å². The second kappa shape index (κ2) is 12.4. The van der Waals surface area contributed by atoms with Crippen LogP contribution in [0.25, 0.3) is 0 Å². The number of hydrogen-bond acceptors (Lipinski definition) is 4. The molecule has 0 aliphatic carbocycles. The lowest BCUT2D eigenvalue weighted by Crippen LogP contribution is -2.47. The summed E-state index contributed by atoms with van der Waals surface area (Å²) in [6.07, 6.45) is 3.28. The maximum atomic E-state index is 11.9. The molecule has 6 nitrogen and oxygen atoms in total. The van der Waals surface area contributed by atoms with E-state index in [2.05, 4.69) is 17.6 Å². The van der Waals surface area contributed by atoms with E-state index in [1.54, 1.807) is 0 Å². The molecule has 2 N–H and O–H groups in total. The Morgan fingerprint density at radius 2 is 1.83 bits per heavy atom. The molecule has 1 unspecified atom stereocenters. The zero-order valence-corrected chi connectivity index (χ0v) is 14.5. The molecular formula is C18H28N2O4. The van der Waals surface area contributed by atoms with Crippen LogP contribution >= 0.6 is 0 Å². The number of carbonyl (C=O) groups excluding carboxylic acids is 2. The van der Waals surface area contributed by atoms with Crippen LogP contribution in [0.2, 0.25) is 0 Å². The van der Waals surface area contributed by atoms with Crippen LogP contribution in [0.15, 0.2) is 30.3 Å².